The second kappa shape index (κ2) is 10.8. The van der Waals surface area contributed by atoms with E-state index >= 15 is 0 Å². The van der Waals surface area contributed by atoms with E-state index in [9.17, 15) is 18.0 Å². The highest BCUT2D eigenvalue weighted by molar-refractivity contribution is 6.05. The molecule has 9 heteroatoms. The molecule has 32 heavy (non-hydrogen) atoms. The van der Waals surface area contributed by atoms with Crippen LogP contribution < -0.4 is 16.0 Å². The number of fused-ring (bicyclic) bond motifs is 1. The number of hydrogen-bond acceptors (Lipinski definition) is 5. The maximum atomic E-state index is 14.1. The molecule has 0 fully saturated rings. The summed E-state index contributed by atoms with van der Waals surface area (Å²) in [5.74, 6) is -3.01. The number of nitrogens with one attached hydrogen (secondary N) is 4. The highest BCUT2D eigenvalue weighted by Crippen LogP contribution is 2.28. The van der Waals surface area contributed by atoms with E-state index in [-0.39, 0.29) is 29.4 Å². The monoisotopic (exact) mass is 446 g/mol. The summed E-state index contributed by atoms with van der Waals surface area (Å²) < 4.78 is 47.1. The molecule has 4 N–H and O–H groups in total. The van der Waals surface area contributed by atoms with Crippen LogP contribution >= 0.6 is 0 Å². The Morgan fingerprint density at radius 3 is 2.56 bits per heavy atom. The minimum Gasteiger partial charge on any atom is -0.482 e. The van der Waals surface area contributed by atoms with Gasteiger partial charge in [-0.25, -0.2) is 13.2 Å². The number of benzene rings is 2. The van der Waals surface area contributed by atoms with Crippen molar-refractivity contribution >= 4 is 17.8 Å². The minimum absolute atomic E-state index is 0.0914. The largest absolute Gasteiger partial charge is 0.482 e. The van der Waals surface area contributed by atoms with Crippen LogP contribution in [-0.2, 0) is 22.4 Å². The fraction of sp³-hybridized carbons (Fsp3) is 0.304. The van der Waals surface area contributed by atoms with Gasteiger partial charge in [0.15, 0.2) is 0 Å². The van der Waals surface area contributed by atoms with Gasteiger partial charge in [0.05, 0.1) is 0 Å². The molecule has 1 atom stereocenters. The predicted molar refractivity (Wildman–Crippen MR) is 116 cm³/mol. The lowest BCUT2D eigenvalue weighted by atomic mass is 10.1. The Morgan fingerprint density at radius 1 is 1.16 bits per heavy atom. The van der Waals surface area contributed by atoms with Crippen molar-refractivity contribution < 1.29 is 22.7 Å². The fourth-order valence-electron chi connectivity index (χ4n) is 3.53. The van der Waals surface area contributed by atoms with Gasteiger partial charge < -0.3 is 26.1 Å². The molecule has 1 unspecified atom stereocenters. The Bertz CT molecular complexity index is 1010. The Kier molecular flexibility index (Phi) is 7.88. The zero-order chi connectivity index (χ0) is 23.1. The molecule has 1 aliphatic carbocycles. The molecule has 0 saturated carbocycles. The minimum atomic E-state index is -0.843. The molecule has 0 aromatic heterocycles. The van der Waals surface area contributed by atoms with E-state index in [1.807, 2.05) is 6.92 Å². The molecular weight excluding hydrogens is 421 g/mol. The molecule has 2 aromatic rings. The van der Waals surface area contributed by atoms with Gasteiger partial charge in [-0.2, -0.15) is 0 Å². The van der Waals surface area contributed by atoms with E-state index < -0.39 is 23.6 Å². The number of amides is 1. The number of halogens is 3. The smallest absolute Gasteiger partial charge is 0.293 e. The number of hydrogen-bond donors (Lipinski definition) is 4. The third-order valence-electron chi connectivity index (χ3n) is 4.96. The van der Waals surface area contributed by atoms with E-state index in [0.717, 1.165) is 30.5 Å². The number of rotatable bonds is 10. The van der Waals surface area contributed by atoms with Crippen LogP contribution in [0.4, 0.5) is 18.9 Å². The normalized spacial score (nSPS) is 15.6. The van der Waals surface area contributed by atoms with Gasteiger partial charge >= 0.3 is 0 Å². The number of carbonyl (C=O) groups is 1. The lowest BCUT2D eigenvalue weighted by Crippen LogP contribution is -2.31. The first-order valence-electron chi connectivity index (χ1n) is 10.3. The zero-order valence-electron chi connectivity index (χ0n) is 17.6. The van der Waals surface area contributed by atoms with Crippen LogP contribution in [0.25, 0.3) is 0 Å². The van der Waals surface area contributed by atoms with Crippen LogP contribution in [-0.4, -0.2) is 37.9 Å². The second-order valence-electron chi connectivity index (χ2n) is 7.31. The molecule has 170 valence electrons. The van der Waals surface area contributed by atoms with Gasteiger partial charge in [-0.1, -0.05) is 19.1 Å². The third-order valence-corrected chi connectivity index (χ3v) is 4.96. The lowest BCUT2D eigenvalue weighted by molar-refractivity contribution is -0.117. The maximum Gasteiger partial charge on any atom is 0.293 e. The summed E-state index contributed by atoms with van der Waals surface area (Å²) in [6, 6.07) is 7.42. The number of anilines is 1. The molecule has 0 radical (unpaired) electrons. The fourth-order valence-corrected chi connectivity index (χ4v) is 3.53. The standard InChI is InChI=1S/C23H25F3N4O2/c1-2-28-6-7-29-21(13-27)22(23(31)30-17-10-15(24)9-16(25)11-17)32-18-8-14-4-3-5-20(26)19(14)12-18/h3-5,9-11,13,18,27-29H,2,6-8,12H2,1H3,(H,30,31). The van der Waals surface area contributed by atoms with Crippen molar-refractivity contribution in [1.82, 2.24) is 10.6 Å². The molecule has 0 spiro atoms. The van der Waals surface area contributed by atoms with Gasteiger partial charge in [0.2, 0.25) is 5.76 Å². The van der Waals surface area contributed by atoms with Crippen molar-refractivity contribution in [2.75, 3.05) is 25.0 Å². The van der Waals surface area contributed by atoms with Gasteiger partial charge in [0, 0.05) is 43.9 Å². The van der Waals surface area contributed by atoms with Crippen molar-refractivity contribution in [1.29, 1.82) is 5.41 Å². The number of carbonyl (C=O) groups excluding carboxylic acids is 1. The van der Waals surface area contributed by atoms with Crippen LogP contribution in [0, 0.1) is 22.9 Å². The number of allylic oxidation sites excluding steroid dienone is 1. The number of likely N-dealkylation sites (N-methyl/N-ethyl adjacent to an activating group) is 1. The zero-order valence-corrected chi connectivity index (χ0v) is 17.6. The quantitative estimate of drug-likeness (QED) is 0.195. The summed E-state index contributed by atoms with van der Waals surface area (Å²) in [7, 11) is 0. The first kappa shape index (κ1) is 23.3. The summed E-state index contributed by atoms with van der Waals surface area (Å²) in [5, 5.41) is 16.2. The predicted octanol–water partition coefficient (Wildman–Crippen LogP) is 3.29. The van der Waals surface area contributed by atoms with Crippen molar-refractivity contribution in [2.24, 2.45) is 0 Å². The molecule has 0 bridgehead atoms. The summed E-state index contributed by atoms with van der Waals surface area (Å²) in [6.07, 6.45) is 1.06. The van der Waals surface area contributed by atoms with Gasteiger partial charge in [0.25, 0.3) is 5.91 Å². The molecule has 3 rings (SSSR count). The van der Waals surface area contributed by atoms with Gasteiger partial charge in [-0.05, 0) is 35.9 Å². The van der Waals surface area contributed by atoms with Crippen LogP contribution in [0.15, 0.2) is 47.9 Å². The number of ether oxygens (including phenoxy) is 1. The highest BCUT2D eigenvalue weighted by atomic mass is 19.1. The molecule has 1 aliphatic rings. The average Bonchev–Trinajstić information content (AvgIpc) is 3.16. The second-order valence-corrected chi connectivity index (χ2v) is 7.31. The van der Waals surface area contributed by atoms with E-state index in [1.165, 1.54) is 6.07 Å². The van der Waals surface area contributed by atoms with Crippen LogP contribution in [0.1, 0.15) is 18.1 Å². The highest BCUT2D eigenvalue weighted by Gasteiger charge is 2.29. The lowest BCUT2D eigenvalue weighted by Gasteiger charge is -2.19. The Morgan fingerprint density at radius 2 is 1.91 bits per heavy atom. The van der Waals surface area contributed by atoms with Gasteiger partial charge in [0.1, 0.15) is 29.3 Å². The van der Waals surface area contributed by atoms with Crippen LogP contribution in [0.3, 0.4) is 0 Å². The molecule has 6 nitrogen and oxygen atoms in total. The van der Waals surface area contributed by atoms with Crippen molar-refractivity contribution in [2.45, 2.75) is 25.9 Å². The first-order chi connectivity index (χ1) is 15.4. The molecule has 1 amide bonds. The van der Waals surface area contributed by atoms with Crippen molar-refractivity contribution in [3.63, 3.8) is 0 Å². The van der Waals surface area contributed by atoms with Gasteiger partial charge in [-0.3, -0.25) is 4.79 Å². The molecule has 0 saturated heterocycles. The topological polar surface area (TPSA) is 86.2 Å². The SMILES string of the molecule is CCNCCNC(C=N)=C(OC1Cc2cccc(F)c2C1)C(=O)Nc1cc(F)cc(F)c1. The van der Waals surface area contributed by atoms with Crippen LogP contribution in [0.5, 0.6) is 0 Å². The van der Waals surface area contributed by atoms with Crippen molar-refractivity contribution in [3.8, 4) is 0 Å². The van der Waals surface area contributed by atoms with E-state index in [4.69, 9.17) is 10.1 Å². The van der Waals surface area contributed by atoms with Crippen LogP contribution in [0.2, 0.25) is 0 Å². The molecular formula is C23H25F3N4O2. The van der Waals surface area contributed by atoms with E-state index in [1.54, 1.807) is 12.1 Å². The summed E-state index contributed by atoms with van der Waals surface area (Å²) in [4.78, 5) is 13.0. The molecule has 2 aromatic carbocycles. The first-order valence-corrected chi connectivity index (χ1v) is 10.3. The summed E-state index contributed by atoms with van der Waals surface area (Å²) in [5.41, 5.74) is 1.33. The van der Waals surface area contributed by atoms with Crippen molar-refractivity contribution in [3.05, 3.63) is 76.4 Å². The third kappa shape index (κ3) is 5.88. The Hall–Kier alpha value is -3.33. The van der Waals surface area contributed by atoms with E-state index in [2.05, 4.69) is 16.0 Å². The summed E-state index contributed by atoms with van der Waals surface area (Å²) >= 11 is 0. The van der Waals surface area contributed by atoms with E-state index in [0.29, 0.717) is 31.1 Å². The average molecular weight is 446 g/mol. The maximum absolute atomic E-state index is 14.1. The molecule has 0 aliphatic heterocycles. The summed E-state index contributed by atoms with van der Waals surface area (Å²) in [6.45, 7) is 3.70. The molecule has 0 heterocycles. The Labute approximate surface area is 184 Å². The van der Waals surface area contributed by atoms with Gasteiger partial charge in [-0.15, -0.1) is 0 Å². The Balaban J connectivity index is 1.83.